The highest BCUT2D eigenvalue weighted by molar-refractivity contribution is 8.01. The molecule has 2 N–H and O–H groups in total. The minimum Gasteiger partial charge on any atom is -0.381 e. The highest BCUT2D eigenvalue weighted by atomic mass is 35.5. The number of carbonyl (C=O) groups excluding carboxylic acids is 1. The lowest BCUT2D eigenvalue weighted by Gasteiger charge is -2.04. The second kappa shape index (κ2) is 8.94. The lowest BCUT2D eigenvalue weighted by molar-refractivity contribution is 0.164. The van der Waals surface area contributed by atoms with Crippen molar-refractivity contribution in [3.05, 3.63) is 29.3 Å². The third kappa shape index (κ3) is 5.80. The van der Waals surface area contributed by atoms with Crippen molar-refractivity contribution in [2.75, 3.05) is 29.6 Å². The quantitative estimate of drug-likeness (QED) is 0.445. The van der Waals surface area contributed by atoms with E-state index in [1.807, 2.05) is 6.92 Å². The Morgan fingerprint density at radius 2 is 2.09 bits per heavy atom. The molecule has 0 spiro atoms. The lowest BCUT2D eigenvalue weighted by Crippen LogP contribution is -2.19. The van der Waals surface area contributed by atoms with E-state index >= 15 is 0 Å². The maximum Gasteiger partial charge on any atom is 0.325 e. The van der Waals surface area contributed by atoms with E-state index in [2.05, 4.69) is 20.8 Å². The molecule has 1 heterocycles. The lowest BCUT2D eigenvalue weighted by atomic mass is 10.3. The first-order chi connectivity index (χ1) is 10.7. The Kier molecular flexibility index (Phi) is 6.91. The predicted octanol–water partition coefficient (Wildman–Crippen LogP) is 3.96. The Labute approximate surface area is 141 Å². The van der Waals surface area contributed by atoms with E-state index < -0.39 is 0 Å². The molecule has 2 amide bonds. The van der Waals surface area contributed by atoms with Crippen LogP contribution in [0.25, 0.3) is 0 Å². The smallest absolute Gasteiger partial charge is 0.325 e. The van der Waals surface area contributed by atoms with Gasteiger partial charge in [0.1, 0.15) is 0 Å². The van der Waals surface area contributed by atoms with E-state index in [4.69, 9.17) is 16.3 Å². The fraction of sp³-hybridized carbons (Fsp3) is 0.308. The van der Waals surface area contributed by atoms with Crippen molar-refractivity contribution < 1.29 is 9.53 Å². The molecule has 0 radical (unpaired) electrons. The first-order valence-corrected chi connectivity index (χ1v) is 8.73. The standard InChI is InChI=1S/C13H15ClN4O2S2/c1-2-20-7-8-21-13-18-17-12(22-13)16-11(19)15-10-5-3-9(14)4-6-10/h3-6H,2,7-8H2,1H3,(H2,15,16,17,19). The summed E-state index contributed by atoms with van der Waals surface area (Å²) in [5, 5.41) is 14.3. The van der Waals surface area contributed by atoms with Crippen LogP contribution in [-0.2, 0) is 4.74 Å². The Balaban J connectivity index is 1.79. The van der Waals surface area contributed by atoms with Crippen LogP contribution in [0.15, 0.2) is 28.6 Å². The molecular formula is C13H15ClN4O2S2. The molecule has 6 nitrogen and oxygen atoms in total. The third-order valence-electron chi connectivity index (χ3n) is 2.39. The van der Waals surface area contributed by atoms with Gasteiger partial charge in [0.15, 0.2) is 4.34 Å². The minimum absolute atomic E-state index is 0.371. The Morgan fingerprint density at radius 1 is 1.32 bits per heavy atom. The second-order valence-corrected chi connectivity index (χ2v) is 6.76. The maximum absolute atomic E-state index is 11.8. The zero-order chi connectivity index (χ0) is 15.8. The molecule has 2 aromatic rings. The van der Waals surface area contributed by atoms with E-state index in [9.17, 15) is 4.79 Å². The zero-order valence-corrected chi connectivity index (χ0v) is 14.2. The van der Waals surface area contributed by atoms with Gasteiger partial charge in [0.2, 0.25) is 5.13 Å². The van der Waals surface area contributed by atoms with Crippen molar-refractivity contribution >= 4 is 51.5 Å². The normalized spacial score (nSPS) is 10.5. The number of carbonyl (C=O) groups is 1. The van der Waals surface area contributed by atoms with Gasteiger partial charge in [0, 0.05) is 23.1 Å². The van der Waals surface area contributed by atoms with Gasteiger partial charge in [-0.05, 0) is 31.2 Å². The van der Waals surface area contributed by atoms with Crippen LogP contribution in [0.1, 0.15) is 6.92 Å². The fourth-order valence-corrected chi connectivity index (χ4v) is 3.24. The van der Waals surface area contributed by atoms with Crippen LogP contribution >= 0.6 is 34.7 Å². The van der Waals surface area contributed by atoms with Gasteiger partial charge in [-0.1, -0.05) is 34.7 Å². The average molecular weight is 359 g/mol. The van der Waals surface area contributed by atoms with Crippen molar-refractivity contribution in [3.8, 4) is 0 Å². The number of benzene rings is 1. The molecule has 0 atom stereocenters. The summed E-state index contributed by atoms with van der Waals surface area (Å²) in [6, 6.07) is 6.47. The Morgan fingerprint density at radius 3 is 2.82 bits per heavy atom. The third-order valence-corrected chi connectivity index (χ3v) is 4.57. The summed E-state index contributed by atoms with van der Waals surface area (Å²) in [5.41, 5.74) is 0.651. The molecule has 2 rings (SSSR count). The molecule has 0 fully saturated rings. The van der Waals surface area contributed by atoms with Crippen molar-refractivity contribution in [1.29, 1.82) is 0 Å². The second-order valence-electron chi connectivity index (χ2n) is 4.00. The van der Waals surface area contributed by atoms with Gasteiger partial charge in [-0.3, -0.25) is 5.32 Å². The van der Waals surface area contributed by atoms with E-state index in [1.54, 1.807) is 36.0 Å². The maximum atomic E-state index is 11.8. The molecule has 22 heavy (non-hydrogen) atoms. The van der Waals surface area contributed by atoms with Crippen molar-refractivity contribution in [3.63, 3.8) is 0 Å². The summed E-state index contributed by atoms with van der Waals surface area (Å²) < 4.78 is 6.04. The number of nitrogens with one attached hydrogen (secondary N) is 2. The van der Waals surface area contributed by atoms with Gasteiger partial charge < -0.3 is 10.1 Å². The molecule has 0 unspecified atom stereocenters. The van der Waals surface area contributed by atoms with Crippen LogP contribution in [0, 0.1) is 0 Å². The monoisotopic (exact) mass is 358 g/mol. The number of halogens is 1. The molecule has 0 bridgehead atoms. The first kappa shape index (κ1) is 17.0. The van der Waals surface area contributed by atoms with Crippen LogP contribution in [-0.4, -0.2) is 35.2 Å². The molecule has 0 aliphatic carbocycles. The largest absolute Gasteiger partial charge is 0.381 e. The molecule has 0 aliphatic rings. The summed E-state index contributed by atoms with van der Waals surface area (Å²) in [6.07, 6.45) is 0. The first-order valence-electron chi connectivity index (χ1n) is 6.55. The molecule has 118 valence electrons. The van der Waals surface area contributed by atoms with Crippen LogP contribution in [0.2, 0.25) is 5.02 Å². The highest BCUT2D eigenvalue weighted by Crippen LogP contribution is 2.25. The number of nitrogens with zero attached hydrogens (tertiary/aromatic N) is 2. The molecule has 0 aliphatic heterocycles. The Hall–Kier alpha value is -1.35. The number of rotatable bonds is 7. The van der Waals surface area contributed by atoms with E-state index in [1.165, 1.54) is 11.3 Å². The zero-order valence-electron chi connectivity index (χ0n) is 11.8. The van der Waals surface area contributed by atoms with Crippen LogP contribution in [0.5, 0.6) is 0 Å². The summed E-state index contributed by atoms with van der Waals surface area (Å²) in [6.45, 7) is 3.33. The van der Waals surface area contributed by atoms with E-state index in [-0.39, 0.29) is 6.03 Å². The van der Waals surface area contributed by atoms with Gasteiger partial charge in [-0.15, -0.1) is 10.2 Å². The van der Waals surface area contributed by atoms with Gasteiger partial charge in [-0.2, -0.15) is 0 Å². The summed E-state index contributed by atoms with van der Waals surface area (Å²) >= 11 is 8.66. The number of hydrogen-bond acceptors (Lipinski definition) is 6. The number of urea groups is 1. The number of anilines is 2. The van der Waals surface area contributed by atoms with Crippen molar-refractivity contribution in [2.45, 2.75) is 11.3 Å². The van der Waals surface area contributed by atoms with Crippen LogP contribution in [0.3, 0.4) is 0 Å². The summed E-state index contributed by atoms with van der Waals surface area (Å²) in [4.78, 5) is 11.8. The topological polar surface area (TPSA) is 76.1 Å². The molecular weight excluding hydrogens is 344 g/mol. The molecule has 9 heteroatoms. The SMILES string of the molecule is CCOCCSc1nnc(NC(=O)Nc2ccc(Cl)cc2)s1. The fourth-order valence-electron chi connectivity index (χ4n) is 1.44. The molecule has 0 saturated heterocycles. The van der Waals surface area contributed by atoms with Gasteiger partial charge >= 0.3 is 6.03 Å². The van der Waals surface area contributed by atoms with Gasteiger partial charge in [0.05, 0.1) is 6.61 Å². The molecule has 1 aromatic heterocycles. The Bertz CT molecular complexity index is 606. The number of amides is 2. The van der Waals surface area contributed by atoms with Crippen LogP contribution < -0.4 is 10.6 Å². The number of thioether (sulfide) groups is 1. The van der Waals surface area contributed by atoms with E-state index in [0.717, 1.165) is 10.1 Å². The van der Waals surface area contributed by atoms with E-state index in [0.29, 0.717) is 29.1 Å². The molecule has 0 saturated carbocycles. The number of aromatic nitrogens is 2. The summed E-state index contributed by atoms with van der Waals surface area (Å²) in [5.74, 6) is 0.805. The van der Waals surface area contributed by atoms with Gasteiger partial charge in [-0.25, -0.2) is 4.79 Å². The number of ether oxygens (including phenoxy) is 1. The summed E-state index contributed by atoms with van der Waals surface area (Å²) in [7, 11) is 0. The average Bonchev–Trinajstić information content (AvgIpc) is 2.93. The highest BCUT2D eigenvalue weighted by Gasteiger charge is 2.08. The van der Waals surface area contributed by atoms with Crippen molar-refractivity contribution in [1.82, 2.24) is 10.2 Å². The predicted molar refractivity (Wildman–Crippen MR) is 91.2 cm³/mol. The van der Waals surface area contributed by atoms with Crippen LogP contribution in [0.4, 0.5) is 15.6 Å². The molecule has 1 aromatic carbocycles. The number of hydrogen-bond donors (Lipinski definition) is 2. The minimum atomic E-state index is -0.371. The van der Waals surface area contributed by atoms with Gasteiger partial charge in [0.25, 0.3) is 0 Å². The van der Waals surface area contributed by atoms with Crippen molar-refractivity contribution in [2.24, 2.45) is 0 Å².